The van der Waals surface area contributed by atoms with E-state index in [-0.39, 0.29) is 30.8 Å². The molecule has 0 bridgehead atoms. The standard InChI is InChI=1S/C21H24F6N8/c22-20(23,24)12-33-8-9-34-18(11-33)31-32-19(34)29-14-6-4-13(5-7-14)28-16-2-1-3-17-30-15(10-35(16)17)21(25,26)27/h1-3,10,13-14,28H,4-9,11-12H2,(H,29,32). The number of hydrogen-bond acceptors (Lipinski definition) is 6. The first-order valence-electron chi connectivity index (χ1n) is 11.3. The van der Waals surface area contributed by atoms with Crippen molar-refractivity contribution in [3.8, 4) is 0 Å². The minimum Gasteiger partial charge on any atom is -0.368 e. The van der Waals surface area contributed by atoms with Gasteiger partial charge in [-0.3, -0.25) is 13.9 Å². The van der Waals surface area contributed by atoms with Gasteiger partial charge in [0.05, 0.1) is 13.1 Å². The zero-order chi connectivity index (χ0) is 24.8. The fourth-order valence-corrected chi connectivity index (χ4v) is 4.74. The molecule has 0 saturated heterocycles. The predicted molar refractivity (Wildman–Crippen MR) is 115 cm³/mol. The molecule has 8 nitrogen and oxygen atoms in total. The van der Waals surface area contributed by atoms with Crippen LogP contribution in [0.5, 0.6) is 0 Å². The van der Waals surface area contributed by atoms with Crippen LogP contribution in [0.1, 0.15) is 37.2 Å². The monoisotopic (exact) mass is 502 g/mol. The third kappa shape index (κ3) is 5.31. The second-order valence-electron chi connectivity index (χ2n) is 9.02. The molecule has 0 spiro atoms. The molecular formula is C21H24F6N8. The van der Waals surface area contributed by atoms with Crippen LogP contribution >= 0.6 is 0 Å². The van der Waals surface area contributed by atoms with Gasteiger partial charge in [-0.1, -0.05) is 6.07 Å². The number of alkyl halides is 6. The highest BCUT2D eigenvalue weighted by Gasteiger charge is 2.35. The minimum absolute atomic E-state index is 0.0821. The van der Waals surface area contributed by atoms with Crippen molar-refractivity contribution in [1.29, 1.82) is 0 Å². The molecule has 190 valence electrons. The highest BCUT2D eigenvalue weighted by atomic mass is 19.4. The maximum atomic E-state index is 13.0. The molecule has 1 fully saturated rings. The van der Waals surface area contributed by atoms with Crippen LogP contribution in [0.25, 0.3) is 5.65 Å². The number of fused-ring (bicyclic) bond motifs is 2. The number of aromatic nitrogens is 5. The van der Waals surface area contributed by atoms with Crippen molar-refractivity contribution >= 4 is 17.4 Å². The predicted octanol–water partition coefficient (Wildman–Crippen LogP) is 4.16. The van der Waals surface area contributed by atoms with Crippen LogP contribution in [0.2, 0.25) is 0 Å². The van der Waals surface area contributed by atoms with E-state index in [4.69, 9.17) is 0 Å². The maximum Gasteiger partial charge on any atom is 0.434 e. The molecule has 14 heteroatoms. The Bertz CT molecular complexity index is 1170. The van der Waals surface area contributed by atoms with E-state index < -0.39 is 24.6 Å². The Hall–Kier alpha value is -3.03. The van der Waals surface area contributed by atoms with E-state index in [1.165, 1.54) is 15.4 Å². The van der Waals surface area contributed by atoms with Gasteiger partial charge in [-0.05, 0) is 37.8 Å². The smallest absolute Gasteiger partial charge is 0.368 e. The summed E-state index contributed by atoms with van der Waals surface area (Å²) >= 11 is 0. The average molecular weight is 502 g/mol. The number of anilines is 2. The van der Waals surface area contributed by atoms with Gasteiger partial charge in [-0.15, -0.1) is 10.2 Å². The van der Waals surface area contributed by atoms with E-state index in [9.17, 15) is 26.3 Å². The Labute approximate surface area is 196 Å². The third-order valence-corrected chi connectivity index (χ3v) is 6.43. The van der Waals surface area contributed by atoms with Gasteiger partial charge in [0.1, 0.15) is 17.3 Å². The summed E-state index contributed by atoms with van der Waals surface area (Å²) in [4.78, 5) is 4.97. The third-order valence-electron chi connectivity index (χ3n) is 6.43. The quantitative estimate of drug-likeness (QED) is 0.511. The van der Waals surface area contributed by atoms with Gasteiger partial charge in [0.2, 0.25) is 5.95 Å². The van der Waals surface area contributed by atoms with Crippen molar-refractivity contribution in [1.82, 2.24) is 29.0 Å². The molecule has 0 radical (unpaired) electrons. The molecule has 1 aliphatic heterocycles. The van der Waals surface area contributed by atoms with Gasteiger partial charge in [-0.25, -0.2) is 4.98 Å². The zero-order valence-electron chi connectivity index (χ0n) is 18.6. The van der Waals surface area contributed by atoms with Crippen LogP contribution in [0.3, 0.4) is 0 Å². The molecule has 2 N–H and O–H groups in total. The summed E-state index contributed by atoms with van der Waals surface area (Å²) in [6, 6.07) is 5.13. The van der Waals surface area contributed by atoms with Gasteiger partial charge in [0.25, 0.3) is 0 Å². The SMILES string of the molecule is FC(F)(F)CN1CCn2c(nnc2NC2CCC(Nc3cccc4nc(C(F)(F)F)cn34)CC2)C1. The molecule has 0 unspecified atom stereocenters. The summed E-state index contributed by atoms with van der Waals surface area (Å²) in [5, 5.41) is 14.9. The van der Waals surface area contributed by atoms with Crippen LogP contribution in [-0.2, 0) is 19.3 Å². The lowest BCUT2D eigenvalue weighted by Gasteiger charge is -2.32. The normalized spacial score (nSPS) is 21.8. The maximum absolute atomic E-state index is 13.0. The molecule has 3 aromatic heterocycles. The first-order chi connectivity index (χ1) is 16.5. The Balaban J connectivity index is 1.17. The molecule has 1 saturated carbocycles. The van der Waals surface area contributed by atoms with Gasteiger partial charge in [0, 0.05) is 31.4 Å². The Morgan fingerprint density at radius 1 is 0.914 bits per heavy atom. The van der Waals surface area contributed by atoms with Gasteiger partial charge >= 0.3 is 12.4 Å². The topological polar surface area (TPSA) is 75.3 Å². The van der Waals surface area contributed by atoms with E-state index in [2.05, 4.69) is 25.8 Å². The molecule has 5 rings (SSSR count). The van der Waals surface area contributed by atoms with Crippen molar-refractivity contribution < 1.29 is 26.3 Å². The van der Waals surface area contributed by atoms with E-state index in [1.807, 2.05) is 4.57 Å². The lowest BCUT2D eigenvalue weighted by Crippen LogP contribution is -2.40. The fraction of sp³-hybridized carbons (Fsp3) is 0.571. The number of hydrogen-bond donors (Lipinski definition) is 2. The largest absolute Gasteiger partial charge is 0.434 e. The molecule has 35 heavy (non-hydrogen) atoms. The molecule has 0 amide bonds. The fourth-order valence-electron chi connectivity index (χ4n) is 4.74. The first-order valence-corrected chi connectivity index (χ1v) is 11.3. The van der Waals surface area contributed by atoms with E-state index in [0.717, 1.165) is 31.9 Å². The summed E-state index contributed by atoms with van der Waals surface area (Å²) in [5.41, 5.74) is -0.708. The van der Waals surface area contributed by atoms with Crippen LogP contribution in [0.4, 0.5) is 38.1 Å². The summed E-state index contributed by atoms with van der Waals surface area (Å²) < 4.78 is 80.4. The van der Waals surface area contributed by atoms with Gasteiger partial charge in [0.15, 0.2) is 5.69 Å². The highest BCUT2D eigenvalue weighted by molar-refractivity contribution is 5.51. The first kappa shape index (κ1) is 23.7. The molecule has 1 aliphatic carbocycles. The van der Waals surface area contributed by atoms with Crippen LogP contribution in [0.15, 0.2) is 24.4 Å². The van der Waals surface area contributed by atoms with E-state index >= 15 is 0 Å². The molecular weight excluding hydrogens is 478 g/mol. The lowest BCUT2D eigenvalue weighted by molar-refractivity contribution is -0.148. The number of imidazole rings is 1. The summed E-state index contributed by atoms with van der Waals surface area (Å²) in [7, 11) is 0. The van der Waals surface area contributed by atoms with Gasteiger partial charge < -0.3 is 10.6 Å². The average Bonchev–Trinajstić information content (AvgIpc) is 3.39. The minimum atomic E-state index is -4.51. The van der Waals surface area contributed by atoms with Crippen molar-refractivity contribution in [2.45, 2.75) is 63.2 Å². The van der Waals surface area contributed by atoms with Crippen LogP contribution < -0.4 is 10.6 Å². The summed E-state index contributed by atoms with van der Waals surface area (Å²) in [6.07, 6.45) is -4.59. The van der Waals surface area contributed by atoms with Crippen molar-refractivity contribution in [2.24, 2.45) is 0 Å². The number of nitrogens with one attached hydrogen (secondary N) is 2. The Morgan fingerprint density at radius 2 is 1.63 bits per heavy atom. The van der Waals surface area contributed by atoms with E-state index in [1.54, 1.807) is 12.1 Å². The Morgan fingerprint density at radius 3 is 2.31 bits per heavy atom. The van der Waals surface area contributed by atoms with Crippen LogP contribution in [0, 0.1) is 0 Å². The van der Waals surface area contributed by atoms with Gasteiger partial charge in [-0.2, -0.15) is 26.3 Å². The number of rotatable bonds is 5. The highest BCUT2D eigenvalue weighted by Crippen LogP contribution is 2.31. The number of pyridine rings is 1. The van der Waals surface area contributed by atoms with Crippen molar-refractivity contribution in [2.75, 3.05) is 23.7 Å². The van der Waals surface area contributed by atoms with Crippen molar-refractivity contribution in [3.63, 3.8) is 0 Å². The zero-order valence-corrected chi connectivity index (χ0v) is 18.6. The molecule has 2 aliphatic rings. The molecule has 0 atom stereocenters. The number of nitrogens with zero attached hydrogens (tertiary/aromatic N) is 6. The summed E-state index contributed by atoms with van der Waals surface area (Å²) in [6.45, 7) is -0.219. The Kier molecular flexibility index (Phi) is 6.01. The second-order valence-corrected chi connectivity index (χ2v) is 9.02. The second kappa shape index (κ2) is 8.88. The molecule has 3 aromatic rings. The van der Waals surface area contributed by atoms with E-state index in [0.29, 0.717) is 24.1 Å². The molecule has 0 aromatic carbocycles. The summed E-state index contributed by atoms with van der Waals surface area (Å²) in [5.74, 6) is 1.62. The number of halogens is 6. The van der Waals surface area contributed by atoms with Crippen molar-refractivity contribution in [3.05, 3.63) is 35.9 Å². The van der Waals surface area contributed by atoms with Crippen LogP contribution in [-0.4, -0.2) is 60.4 Å². The lowest BCUT2D eigenvalue weighted by atomic mass is 9.91. The molecule has 4 heterocycles.